The molecule has 0 atom stereocenters. The number of aryl methyl sites for hydroxylation is 1. The van der Waals surface area contributed by atoms with Gasteiger partial charge in [0.25, 0.3) is 0 Å². The lowest BCUT2D eigenvalue weighted by atomic mass is 9.84. The van der Waals surface area contributed by atoms with E-state index in [2.05, 4.69) is 25.8 Å². The number of hydrogen-bond acceptors (Lipinski definition) is 6. The van der Waals surface area contributed by atoms with Crippen LogP contribution >= 0.6 is 0 Å². The molecule has 2 aromatic rings. The number of para-hydroxylation sites is 2. The van der Waals surface area contributed by atoms with Gasteiger partial charge in [-0.2, -0.15) is 0 Å². The molecule has 0 bridgehead atoms. The number of aromatic nitrogens is 2. The van der Waals surface area contributed by atoms with Crippen LogP contribution in [0.25, 0.3) is 0 Å². The molecule has 0 unspecified atom stereocenters. The first-order chi connectivity index (χ1) is 13.1. The summed E-state index contributed by atoms with van der Waals surface area (Å²) < 4.78 is 0. The molecule has 27 heavy (non-hydrogen) atoms. The lowest BCUT2D eigenvalue weighted by Crippen LogP contribution is -2.58. The topological polar surface area (TPSA) is 82.2 Å². The van der Waals surface area contributed by atoms with Crippen LogP contribution < -0.4 is 20.9 Å². The van der Waals surface area contributed by atoms with Gasteiger partial charge in [-0.25, -0.2) is 9.97 Å². The van der Waals surface area contributed by atoms with Crippen LogP contribution in [0.4, 0.5) is 17.2 Å². The zero-order chi connectivity index (χ0) is 18.4. The van der Waals surface area contributed by atoms with Crippen LogP contribution in [0.15, 0.2) is 24.3 Å². The lowest BCUT2D eigenvalue weighted by molar-refractivity contribution is -0.121. The molecular weight excluding hydrogens is 340 g/mol. The lowest BCUT2D eigenvalue weighted by Gasteiger charge is -2.45. The first-order valence-electron chi connectivity index (χ1n) is 9.65. The fourth-order valence-corrected chi connectivity index (χ4v) is 4.43. The maximum atomic E-state index is 12.8. The molecule has 3 N–H and O–H groups in total. The molecule has 3 aliphatic rings. The summed E-state index contributed by atoms with van der Waals surface area (Å²) in [7, 11) is 0. The van der Waals surface area contributed by atoms with Crippen molar-refractivity contribution >= 4 is 23.1 Å². The number of benzene rings is 1. The van der Waals surface area contributed by atoms with E-state index in [1.165, 1.54) is 5.56 Å². The summed E-state index contributed by atoms with van der Waals surface area (Å²) >= 11 is 0. The summed E-state index contributed by atoms with van der Waals surface area (Å²) in [5.41, 5.74) is 3.72. The van der Waals surface area contributed by atoms with E-state index in [4.69, 9.17) is 4.98 Å². The molecule has 3 aliphatic heterocycles. The quantitative estimate of drug-likeness (QED) is 0.716. The number of rotatable bonds is 1. The van der Waals surface area contributed by atoms with E-state index < -0.39 is 5.54 Å². The van der Waals surface area contributed by atoms with Crippen LogP contribution in [0.3, 0.4) is 0 Å². The van der Waals surface area contributed by atoms with Crippen molar-refractivity contribution in [2.24, 2.45) is 0 Å². The summed E-state index contributed by atoms with van der Waals surface area (Å²) in [5, 5.41) is 9.99. The summed E-state index contributed by atoms with van der Waals surface area (Å²) in [6.07, 6.45) is 2.46. The number of nitrogens with one attached hydrogen (secondary N) is 3. The Hall–Kier alpha value is -2.67. The Morgan fingerprint density at radius 2 is 1.89 bits per heavy atom. The van der Waals surface area contributed by atoms with Gasteiger partial charge in [-0.05, 0) is 44.9 Å². The third-order valence-electron chi connectivity index (χ3n) is 5.93. The number of carbonyl (C=O) groups excluding carboxylic acids is 1. The van der Waals surface area contributed by atoms with Gasteiger partial charge in [0, 0.05) is 25.2 Å². The number of hydrogen-bond donors (Lipinski definition) is 3. The van der Waals surface area contributed by atoms with E-state index in [9.17, 15) is 4.79 Å². The van der Waals surface area contributed by atoms with Crippen molar-refractivity contribution in [2.45, 2.75) is 38.3 Å². The molecule has 0 radical (unpaired) electrons. The van der Waals surface area contributed by atoms with E-state index in [1.807, 2.05) is 31.2 Å². The predicted molar refractivity (Wildman–Crippen MR) is 105 cm³/mol. The normalized spacial score (nSPS) is 20.5. The average molecular weight is 364 g/mol. The maximum Gasteiger partial charge on any atom is 0.250 e. The highest BCUT2D eigenvalue weighted by molar-refractivity contribution is 6.06. The van der Waals surface area contributed by atoms with Crippen LogP contribution in [-0.2, 0) is 17.8 Å². The molecule has 1 aromatic carbocycles. The summed E-state index contributed by atoms with van der Waals surface area (Å²) in [6.45, 7) is 5.34. The molecule has 140 valence electrons. The molecular formula is C20H24N6O. The van der Waals surface area contributed by atoms with Crippen molar-refractivity contribution in [2.75, 3.05) is 35.2 Å². The second-order valence-electron chi connectivity index (χ2n) is 7.64. The van der Waals surface area contributed by atoms with Crippen LogP contribution in [0.2, 0.25) is 0 Å². The Balaban J connectivity index is 1.40. The molecule has 1 saturated heterocycles. The molecule has 7 heteroatoms. The van der Waals surface area contributed by atoms with Crippen molar-refractivity contribution in [3.63, 3.8) is 0 Å². The van der Waals surface area contributed by atoms with Gasteiger partial charge in [0.05, 0.1) is 17.1 Å². The standard InChI is InChI=1S/C20H24N6O/c1-13-22-17-12-21-9-6-14(17)18(23-13)26-10-7-20(8-11-26)19(27)24-15-4-2-3-5-16(15)25-20/h2-5,21,25H,6-12H2,1H3,(H,24,27). The van der Waals surface area contributed by atoms with Gasteiger partial charge in [-0.1, -0.05) is 12.1 Å². The van der Waals surface area contributed by atoms with Gasteiger partial charge in [-0.3, -0.25) is 4.79 Å². The number of amides is 1. The minimum Gasteiger partial charge on any atom is -0.369 e. The molecule has 4 heterocycles. The first kappa shape index (κ1) is 16.5. The molecule has 0 aliphatic carbocycles. The van der Waals surface area contributed by atoms with E-state index in [-0.39, 0.29) is 5.91 Å². The highest BCUT2D eigenvalue weighted by Gasteiger charge is 2.44. The summed E-state index contributed by atoms with van der Waals surface area (Å²) in [4.78, 5) is 24.5. The summed E-state index contributed by atoms with van der Waals surface area (Å²) in [6, 6.07) is 7.90. The molecule has 1 spiro atoms. The zero-order valence-corrected chi connectivity index (χ0v) is 15.5. The first-order valence-corrected chi connectivity index (χ1v) is 9.65. The van der Waals surface area contributed by atoms with Crippen LogP contribution in [0.5, 0.6) is 0 Å². The summed E-state index contributed by atoms with van der Waals surface area (Å²) in [5.74, 6) is 1.95. The van der Waals surface area contributed by atoms with Gasteiger partial charge < -0.3 is 20.9 Å². The number of carbonyl (C=O) groups is 1. The van der Waals surface area contributed by atoms with Crippen LogP contribution in [0, 0.1) is 6.92 Å². The van der Waals surface area contributed by atoms with Gasteiger partial charge >= 0.3 is 0 Å². The van der Waals surface area contributed by atoms with Crippen molar-refractivity contribution in [3.05, 3.63) is 41.3 Å². The third kappa shape index (κ3) is 2.73. The fraction of sp³-hybridized carbons (Fsp3) is 0.450. The maximum absolute atomic E-state index is 12.8. The largest absolute Gasteiger partial charge is 0.369 e. The van der Waals surface area contributed by atoms with Crippen molar-refractivity contribution in [3.8, 4) is 0 Å². The SMILES string of the molecule is Cc1nc2c(c(N3CCC4(CC3)Nc3ccccc3NC4=O)n1)CCNC2. The van der Waals surface area contributed by atoms with Crippen molar-refractivity contribution < 1.29 is 4.79 Å². The van der Waals surface area contributed by atoms with E-state index in [1.54, 1.807) is 0 Å². The van der Waals surface area contributed by atoms with Gasteiger partial charge in [0.15, 0.2) is 0 Å². The Morgan fingerprint density at radius 1 is 1.11 bits per heavy atom. The smallest absolute Gasteiger partial charge is 0.250 e. The average Bonchev–Trinajstić information content (AvgIpc) is 2.69. The van der Waals surface area contributed by atoms with E-state index >= 15 is 0 Å². The Morgan fingerprint density at radius 3 is 2.70 bits per heavy atom. The second-order valence-corrected chi connectivity index (χ2v) is 7.64. The molecule has 7 nitrogen and oxygen atoms in total. The number of nitrogens with zero attached hydrogens (tertiary/aromatic N) is 3. The van der Waals surface area contributed by atoms with Crippen molar-refractivity contribution in [1.29, 1.82) is 0 Å². The monoisotopic (exact) mass is 364 g/mol. The van der Waals surface area contributed by atoms with Crippen LogP contribution in [0.1, 0.15) is 29.9 Å². The Kier molecular flexibility index (Phi) is 3.79. The van der Waals surface area contributed by atoms with E-state index in [0.29, 0.717) is 0 Å². The van der Waals surface area contributed by atoms with Gasteiger partial charge in [-0.15, -0.1) is 0 Å². The Labute approximate surface area is 158 Å². The third-order valence-corrected chi connectivity index (χ3v) is 5.93. The second kappa shape index (κ2) is 6.20. The van der Waals surface area contributed by atoms with Gasteiger partial charge in [0.1, 0.15) is 17.2 Å². The molecule has 1 fully saturated rings. The van der Waals surface area contributed by atoms with Gasteiger partial charge in [0.2, 0.25) is 5.91 Å². The highest BCUT2D eigenvalue weighted by atomic mass is 16.2. The molecule has 1 aromatic heterocycles. The number of anilines is 3. The molecule has 5 rings (SSSR count). The number of piperidine rings is 1. The Bertz CT molecular complexity index is 903. The van der Waals surface area contributed by atoms with Crippen molar-refractivity contribution in [1.82, 2.24) is 15.3 Å². The highest BCUT2D eigenvalue weighted by Crippen LogP contribution is 2.37. The van der Waals surface area contributed by atoms with Crippen LogP contribution in [-0.4, -0.2) is 41.0 Å². The number of fused-ring (bicyclic) bond motifs is 2. The minimum absolute atomic E-state index is 0.0750. The molecule has 1 amide bonds. The van der Waals surface area contributed by atoms with E-state index in [0.717, 1.165) is 74.2 Å². The minimum atomic E-state index is -0.533. The fourth-order valence-electron chi connectivity index (χ4n) is 4.43. The molecule has 0 saturated carbocycles. The predicted octanol–water partition coefficient (Wildman–Crippen LogP) is 1.83. The zero-order valence-electron chi connectivity index (χ0n) is 15.5.